The number of nitrogens with zero attached hydrogens (tertiary/aromatic N) is 5. The maximum atomic E-state index is 13.0. The van der Waals surface area contributed by atoms with Crippen LogP contribution >= 0.6 is 0 Å². The van der Waals surface area contributed by atoms with Crippen molar-refractivity contribution in [2.45, 2.75) is 37.4 Å². The number of urea groups is 1. The fourth-order valence-electron chi connectivity index (χ4n) is 4.62. The summed E-state index contributed by atoms with van der Waals surface area (Å²) in [6.07, 6.45) is 2.53. The minimum atomic E-state index is -0.252. The molecule has 2 fully saturated rings. The fraction of sp³-hybridized carbons (Fsp3) is 0.417. The number of nitrogens with one attached hydrogen (secondary N) is 1. The summed E-state index contributed by atoms with van der Waals surface area (Å²) in [4.78, 5) is 14.3. The second-order valence-corrected chi connectivity index (χ2v) is 8.92. The van der Waals surface area contributed by atoms with E-state index in [0.717, 1.165) is 30.6 Å². The molecule has 0 radical (unpaired) electrons. The number of hydrogen-bond acceptors (Lipinski definition) is 6. The molecule has 9 nitrogen and oxygen atoms in total. The molecule has 0 aliphatic carbocycles. The van der Waals surface area contributed by atoms with Crippen molar-refractivity contribution in [3.63, 3.8) is 0 Å². The number of aromatic nitrogens is 4. The molecule has 178 valence electrons. The Kier molecular flexibility index (Phi) is 6.14. The monoisotopic (exact) mass is 466 g/mol. The molecule has 2 aromatic carbocycles. The maximum absolute atomic E-state index is 13.0. The van der Waals surface area contributed by atoms with Gasteiger partial charge in [-0.05, 0) is 65.1 Å². The Morgan fingerprint density at radius 2 is 1.91 bits per heavy atom. The van der Waals surface area contributed by atoms with Gasteiger partial charge in [0.1, 0.15) is 18.2 Å². The maximum Gasteiger partial charge on any atom is 0.324 e. The zero-order valence-electron chi connectivity index (χ0n) is 19.0. The number of aryl methyl sites for hydroxylation is 1. The molecule has 1 spiro atoms. The van der Waals surface area contributed by atoms with Crippen LogP contribution in [0.1, 0.15) is 36.3 Å². The average Bonchev–Trinajstić information content (AvgIpc) is 3.46. The van der Waals surface area contributed by atoms with Gasteiger partial charge in [-0.1, -0.05) is 29.4 Å². The molecule has 1 atom stereocenters. The molecular weight excluding hydrogens is 439 g/mol. The van der Waals surface area contributed by atoms with Crippen molar-refractivity contribution in [1.29, 1.82) is 0 Å². The summed E-state index contributed by atoms with van der Waals surface area (Å²) in [5.74, 6) is 1.17. The smallest absolute Gasteiger partial charge is 0.324 e. The van der Waals surface area contributed by atoms with Gasteiger partial charge in [0.15, 0.2) is 0 Å². The quantitative estimate of drug-likeness (QED) is 0.619. The van der Waals surface area contributed by atoms with E-state index < -0.39 is 0 Å². The number of carbonyl (C=O) groups is 1. The van der Waals surface area contributed by atoms with Gasteiger partial charge in [-0.2, -0.15) is 0 Å². The lowest BCUT2D eigenvalue weighted by atomic mass is 9.83. The van der Waals surface area contributed by atoms with Crippen LogP contribution in [-0.4, -0.2) is 56.4 Å². The van der Waals surface area contributed by atoms with E-state index in [1.54, 1.807) is 24.1 Å². The topological polar surface area (TPSA) is 94.4 Å². The standard InChI is InChI=1S/C24H27FN6O3/c1-30-22(27-28-29-30)26-23(32)31-12-10-24(11-13-31)14-19(16-34-24)18-4-8-21(9-5-18)33-15-17-2-6-20(25)7-3-17/h2-9,19H,10-16H2,1H3,(H,26,27,29,32)/t19-/m0/s1. The van der Waals surface area contributed by atoms with E-state index in [9.17, 15) is 9.18 Å². The van der Waals surface area contributed by atoms with Gasteiger partial charge >= 0.3 is 6.03 Å². The van der Waals surface area contributed by atoms with E-state index in [1.165, 1.54) is 22.4 Å². The minimum absolute atomic E-state index is 0.189. The van der Waals surface area contributed by atoms with E-state index in [1.807, 2.05) is 12.1 Å². The van der Waals surface area contributed by atoms with Crippen LogP contribution in [0.3, 0.4) is 0 Å². The zero-order chi connectivity index (χ0) is 23.5. The lowest BCUT2D eigenvalue weighted by Crippen LogP contribution is -2.48. The molecule has 2 saturated heterocycles. The van der Waals surface area contributed by atoms with Crippen LogP contribution in [-0.2, 0) is 18.4 Å². The molecule has 1 aromatic heterocycles. The molecule has 0 unspecified atom stereocenters. The molecule has 34 heavy (non-hydrogen) atoms. The highest BCUT2D eigenvalue weighted by molar-refractivity contribution is 5.87. The van der Waals surface area contributed by atoms with Crippen LogP contribution in [0.15, 0.2) is 48.5 Å². The summed E-state index contributed by atoms with van der Waals surface area (Å²) in [5, 5.41) is 13.8. The normalized spacial score (nSPS) is 19.4. The highest BCUT2D eigenvalue weighted by atomic mass is 19.1. The molecule has 2 aliphatic rings. The van der Waals surface area contributed by atoms with Gasteiger partial charge in [-0.3, -0.25) is 5.32 Å². The van der Waals surface area contributed by atoms with Crippen molar-refractivity contribution in [2.75, 3.05) is 25.0 Å². The highest BCUT2D eigenvalue weighted by Gasteiger charge is 2.43. The predicted molar refractivity (Wildman–Crippen MR) is 122 cm³/mol. The van der Waals surface area contributed by atoms with Crippen LogP contribution in [0, 0.1) is 5.82 Å². The van der Waals surface area contributed by atoms with Crippen molar-refractivity contribution in [1.82, 2.24) is 25.1 Å². The number of tetrazole rings is 1. The van der Waals surface area contributed by atoms with E-state index in [0.29, 0.717) is 38.2 Å². The van der Waals surface area contributed by atoms with Crippen molar-refractivity contribution in [3.8, 4) is 5.75 Å². The molecule has 5 rings (SSSR count). The molecule has 1 N–H and O–H groups in total. The zero-order valence-corrected chi connectivity index (χ0v) is 19.0. The number of piperidine rings is 1. The van der Waals surface area contributed by atoms with Gasteiger partial charge in [0, 0.05) is 26.1 Å². The van der Waals surface area contributed by atoms with E-state index in [-0.39, 0.29) is 17.4 Å². The third-order valence-corrected chi connectivity index (χ3v) is 6.68. The Bertz CT molecular complexity index is 1130. The third kappa shape index (κ3) is 4.86. The number of carbonyl (C=O) groups excluding carboxylic acids is 1. The first-order valence-electron chi connectivity index (χ1n) is 11.4. The SMILES string of the molecule is Cn1nnnc1NC(=O)N1CCC2(CC1)C[C@H](c1ccc(OCc3ccc(F)cc3)cc1)CO2. The second-order valence-electron chi connectivity index (χ2n) is 8.92. The molecule has 2 amide bonds. The van der Waals surface area contributed by atoms with Gasteiger partial charge in [0.2, 0.25) is 0 Å². The third-order valence-electron chi connectivity index (χ3n) is 6.68. The van der Waals surface area contributed by atoms with Gasteiger partial charge < -0.3 is 14.4 Å². The number of rotatable bonds is 5. The number of benzene rings is 2. The lowest BCUT2D eigenvalue weighted by Gasteiger charge is -2.38. The van der Waals surface area contributed by atoms with Gasteiger partial charge in [0.25, 0.3) is 5.95 Å². The Morgan fingerprint density at radius 1 is 1.18 bits per heavy atom. The number of amides is 2. The number of anilines is 1. The minimum Gasteiger partial charge on any atom is -0.489 e. The summed E-state index contributed by atoms with van der Waals surface area (Å²) < 4.78 is 26.6. The van der Waals surface area contributed by atoms with Crippen LogP contribution < -0.4 is 10.1 Å². The summed E-state index contributed by atoms with van der Waals surface area (Å²) in [7, 11) is 1.68. The van der Waals surface area contributed by atoms with Crippen molar-refractivity contribution in [3.05, 3.63) is 65.5 Å². The van der Waals surface area contributed by atoms with E-state index in [2.05, 4.69) is 33.0 Å². The van der Waals surface area contributed by atoms with E-state index in [4.69, 9.17) is 9.47 Å². The van der Waals surface area contributed by atoms with Crippen molar-refractivity contribution < 1.29 is 18.7 Å². The van der Waals surface area contributed by atoms with Crippen LogP contribution in [0.4, 0.5) is 15.1 Å². The van der Waals surface area contributed by atoms with Gasteiger partial charge in [0.05, 0.1) is 12.2 Å². The predicted octanol–water partition coefficient (Wildman–Crippen LogP) is 3.50. The number of hydrogen-bond donors (Lipinski definition) is 1. The molecule has 0 saturated carbocycles. The number of halogens is 1. The Labute approximate surface area is 196 Å². The van der Waals surface area contributed by atoms with Crippen molar-refractivity contribution in [2.24, 2.45) is 7.05 Å². The van der Waals surface area contributed by atoms with E-state index >= 15 is 0 Å². The number of likely N-dealkylation sites (tertiary alicyclic amines) is 1. The lowest BCUT2D eigenvalue weighted by molar-refractivity contribution is -0.0355. The largest absolute Gasteiger partial charge is 0.489 e. The molecule has 3 heterocycles. The van der Waals surface area contributed by atoms with Crippen molar-refractivity contribution >= 4 is 12.0 Å². The molecule has 2 aliphatic heterocycles. The van der Waals surface area contributed by atoms with Crippen LogP contribution in [0.25, 0.3) is 0 Å². The van der Waals surface area contributed by atoms with Gasteiger partial charge in [-0.25, -0.2) is 13.9 Å². The first-order chi connectivity index (χ1) is 16.5. The average molecular weight is 467 g/mol. The Morgan fingerprint density at radius 3 is 2.59 bits per heavy atom. The number of ether oxygens (including phenoxy) is 2. The highest BCUT2D eigenvalue weighted by Crippen LogP contribution is 2.43. The molecular formula is C24H27FN6O3. The fourth-order valence-corrected chi connectivity index (χ4v) is 4.62. The summed E-state index contributed by atoms with van der Waals surface area (Å²) in [5.41, 5.74) is 1.96. The summed E-state index contributed by atoms with van der Waals surface area (Å²) in [6, 6.07) is 14.2. The molecule has 3 aromatic rings. The second kappa shape index (κ2) is 9.38. The van der Waals surface area contributed by atoms with Gasteiger partial charge in [-0.15, -0.1) is 0 Å². The van der Waals surface area contributed by atoms with Crippen LogP contribution in [0.2, 0.25) is 0 Å². The Hall–Kier alpha value is -3.53. The first kappa shape index (κ1) is 22.3. The summed E-state index contributed by atoms with van der Waals surface area (Å²) >= 11 is 0. The summed E-state index contributed by atoms with van der Waals surface area (Å²) in [6.45, 7) is 2.32. The molecule has 0 bridgehead atoms. The molecule has 10 heteroatoms. The first-order valence-corrected chi connectivity index (χ1v) is 11.4. The Balaban J connectivity index is 1.12. The van der Waals surface area contributed by atoms with Crippen LogP contribution in [0.5, 0.6) is 5.75 Å².